The smallest absolute Gasteiger partial charge is 0.335 e. The largest absolute Gasteiger partial charge is 0.478 e. The van der Waals surface area contributed by atoms with Gasteiger partial charge in [-0.2, -0.15) is 0 Å². The van der Waals surface area contributed by atoms with Crippen LogP contribution in [0.15, 0.2) is 42.5 Å². The Morgan fingerprint density at radius 1 is 1.05 bits per heavy atom. The van der Waals surface area contributed by atoms with Crippen LogP contribution in [0, 0.1) is 0 Å². The van der Waals surface area contributed by atoms with Crippen LogP contribution in [-0.4, -0.2) is 22.6 Å². The van der Waals surface area contributed by atoms with Crippen LogP contribution < -0.4 is 0 Å². The molecule has 1 N–H and O–H groups in total. The average molecular weight is 298 g/mol. The summed E-state index contributed by atoms with van der Waals surface area (Å²) in [6.07, 6.45) is 3.07. The third-order valence-corrected chi connectivity index (χ3v) is 2.93. The molecule has 0 aliphatic heterocycles. The van der Waals surface area contributed by atoms with Crippen molar-refractivity contribution in [1.82, 2.24) is 0 Å². The molecule has 2 rings (SSSR count). The maximum absolute atomic E-state index is 11.6. The molecule has 0 bridgehead atoms. The molecule has 0 unspecified atom stereocenters. The van der Waals surface area contributed by atoms with Gasteiger partial charge in [0.25, 0.3) is 0 Å². The second kappa shape index (κ2) is 6.02. The van der Waals surface area contributed by atoms with E-state index in [-0.39, 0.29) is 5.56 Å². The van der Waals surface area contributed by atoms with Crippen molar-refractivity contribution in [1.29, 1.82) is 0 Å². The number of hydrogen-bond donors (Lipinski definition) is 1. The number of carbonyl (C=O) groups is 2. The van der Waals surface area contributed by atoms with Crippen molar-refractivity contribution in [3.8, 4) is 0 Å². The number of hydrogen-bond acceptors (Lipinski definition) is 3. The van der Waals surface area contributed by atoms with Crippen LogP contribution in [0.2, 0.25) is 0 Å². The van der Waals surface area contributed by atoms with Crippen molar-refractivity contribution in [2.24, 2.45) is 0 Å². The standard InChI is InChI=1S/C18H18O4/c1-18(2,3)22-16(19)9-5-12-4-6-14-11-15(17(20)21)8-7-13(14)10-12/h4-11H,1-3H3,(H,20,21)/b9-5+. The Labute approximate surface area is 129 Å². The van der Waals surface area contributed by atoms with Gasteiger partial charge in [0.2, 0.25) is 0 Å². The Hall–Kier alpha value is -2.62. The van der Waals surface area contributed by atoms with Crippen LogP contribution in [0.1, 0.15) is 36.7 Å². The van der Waals surface area contributed by atoms with Crippen molar-refractivity contribution < 1.29 is 19.4 Å². The Kier molecular flexibility index (Phi) is 4.31. The van der Waals surface area contributed by atoms with Gasteiger partial charge in [-0.25, -0.2) is 9.59 Å². The molecule has 2 aromatic carbocycles. The molecule has 0 saturated heterocycles. The highest BCUT2D eigenvalue weighted by atomic mass is 16.6. The summed E-state index contributed by atoms with van der Waals surface area (Å²) in [6.45, 7) is 5.44. The molecular weight excluding hydrogens is 280 g/mol. The maximum Gasteiger partial charge on any atom is 0.335 e. The van der Waals surface area contributed by atoms with E-state index in [2.05, 4.69) is 0 Å². The summed E-state index contributed by atoms with van der Waals surface area (Å²) in [5.41, 5.74) is 0.587. The molecule has 0 spiro atoms. The Balaban J connectivity index is 2.21. The van der Waals surface area contributed by atoms with Gasteiger partial charge >= 0.3 is 11.9 Å². The predicted octanol–water partition coefficient (Wildman–Crippen LogP) is 3.89. The summed E-state index contributed by atoms with van der Waals surface area (Å²) in [7, 11) is 0. The molecule has 0 amide bonds. The highest BCUT2D eigenvalue weighted by molar-refractivity contribution is 5.95. The van der Waals surface area contributed by atoms with E-state index in [9.17, 15) is 9.59 Å². The second-order valence-electron chi connectivity index (χ2n) is 5.99. The number of carbonyl (C=O) groups excluding carboxylic acids is 1. The van der Waals surface area contributed by atoms with Gasteiger partial charge in [-0.15, -0.1) is 0 Å². The molecule has 114 valence electrons. The van der Waals surface area contributed by atoms with Gasteiger partial charge in [0.05, 0.1) is 5.56 Å². The van der Waals surface area contributed by atoms with E-state index in [1.165, 1.54) is 6.08 Å². The predicted molar refractivity (Wildman–Crippen MR) is 85.8 cm³/mol. The number of ether oxygens (including phenoxy) is 1. The van der Waals surface area contributed by atoms with Crippen LogP contribution in [0.3, 0.4) is 0 Å². The lowest BCUT2D eigenvalue weighted by Gasteiger charge is -2.17. The SMILES string of the molecule is CC(C)(C)OC(=O)/C=C/c1ccc2cc(C(=O)O)ccc2c1. The fourth-order valence-electron chi connectivity index (χ4n) is 2.00. The highest BCUT2D eigenvalue weighted by Crippen LogP contribution is 2.19. The first-order valence-electron chi connectivity index (χ1n) is 6.93. The number of benzene rings is 2. The first kappa shape index (κ1) is 15.8. The summed E-state index contributed by atoms with van der Waals surface area (Å²) in [5.74, 6) is -1.34. The van der Waals surface area contributed by atoms with Crippen LogP contribution >= 0.6 is 0 Å². The van der Waals surface area contributed by atoms with Gasteiger partial charge in [-0.1, -0.05) is 18.2 Å². The number of carboxylic acid groups (broad SMARTS) is 1. The molecule has 0 saturated carbocycles. The minimum atomic E-state index is -0.948. The molecule has 0 heterocycles. The summed E-state index contributed by atoms with van der Waals surface area (Å²) in [6, 6.07) is 10.5. The van der Waals surface area contributed by atoms with Crippen molar-refractivity contribution >= 4 is 28.8 Å². The van der Waals surface area contributed by atoms with E-state index in [0.29, 0.717) is 0 Å². The molecule has 4 nitrogen and oxygen atoms in total. The molecule has 0 aliphatic rings. The zero-order chi connectivity index (χ0) is 16.3. The molecule has 0 aromatic heterocycles. The van der Waals surface area contributed by atoms with E-state index in [4.69, 9.17) is 9.84 Å². The van der Waals surface area contributed by atoms with Crippen LogP contribution in [0.4, 0.5) is 0 Å². The number of fused-ring (bicyclic) bond motifs is 1. The number of aromatic carboxylic acids is 1. The normalized spacial score (nSPS) is 11.8. The molecule has 22 heavy (non-hydrogen) atoms. The summed E-state index contributed by atoms with van der Waals surface area (Å²) < 4.78 is 5.20. The molecule has 0 atom stereocenters. The lowest BCUT2D eigenvalue weighted by molar-refractivity contribution is -0.148. The monoisotopic (exact) mass is 298 g/mol. The second-order valence-corrected chi connectivity index (χ2v) is 5.99. The molecule has 0 fully saturated rings. The van der Waals surface area contributed by atoms with Crippen molar-refractivity contribution in [2.45, 2.75) is 26.4 Å². The maximum atomic E-state index is 11.6. The van der Waals surface area contributed by atoms with E-state index in [1.807, 2.05) is 39.0 Å². The van der Waals surface area contributed by atoms with Crippen LogP contribution in [0.25, 0.3) is 16.8 Å². The first-order chi connectivity index (χ1) is 10.2. The fourth-order valence-corrected chi connectivity index (χ4v) is 2.00. The van der Waals surface area contributed by atoms with Gasteiger partial charge in [0.1, 0.15) is 5.60 Å². The van der Waals surface area contributed by atoms with Gasteiger partial charge in [-0.05, 0) is 61.4 Å². The quantitative estimate of drug-likeness (QED) is 0.689. The lowest BCUT2D eigenvalue weighted by atomic mass is 10.0. The van der Waals surface area contributed by atoms with Crippen LogP contribution in [0.5, 0.6) is 0 Å². The number of rotatable bonds is 3. The van der Waals surface area contributed by atoms with Gasteiger partial charge < -0.3 is 9.84 Å². The summed E-state index contributed by atoms with van der Waals surface area (Å²) in [5, 5.41) is 10.7. The zero-order valence-electron chi connectivity index (χ0n) is 12.8. The van der Waals surface area contributed by atoms with Crippen molar-refractivity contribution in [3.05, 3.63) is 53.6 Å². The zero-order valence-corrected chi connectivity index (χ0v) is 12.8. The number of carboxylic acids is 1. The Morgan fingerprint density at radius 3 is 2.32 bits per heavy atom. The van der Waals surface area contributed by atoms with E-state index >= 15 is 0 Å². The average Bonchev–Trinajstić information content (AvgIpc) is 2.42. The topological polar surface area (TPSA) is 63.6 Å². The van der Waals surface area contributed by atoms with E-state index < -0.39 is 17.5 Å². The van der Waals surface area contributed by atoms with Gasteiger partial charge in [0.15, 0.2) is 0 Å². The molecular formula is C18H18O4. The fraction of sp³-hybridized carbons (Fsp3) is 0.222. The molecule has 0 aliphatic carbocycles. The third kappa shape index (κ3) is 4.19. The van der Waals surface area contributed by atoms with Gasteiger partial charge in [0, 0.05) is 6.08 Å². The third-order valence-electron chi connectivity index (χ3n) is 2.93. The minimum Gasteiger partial charge on any atom is -0.478 e. The molecule has 0 radical (unpaired) electrons. The summed E-state index contributed by atoms with van der Waals surface area (Å²) >= 11 is 0. The first-order valence-corrected chi connectivity index (χ1v) is 6.93. The van der Waals surface area contributed by atoms with Gasteiger partial charge in [-0.3, -0.25) is 0 Å². The summed E-state index contributed by atoms with van der Waals surface area (Å²) in [4.78, 5) is 22.6. The Bertz CT molecular complexity index is 751. The van der Waals surface area contributed by atoms with Crippen LogP contribution in [-0.2, 0) is 9.53 Å². The molecule has 2 aromatic rings. The van der Waals surface area contributed by atoms with E-state index in [1.54, 1.807) is 24.3 Å². The molecule has 4 heteroatoms. The van der Waals surface area contributed by atoms with Crippen molar-refractivity contribution in [3.63, 3.8) is 0 Å². The van der Waals surface area contributed by atoms with E-state index in [0.717, 1.165) is 16.3 Å². The van der Waals surface area contributed by atoms with Crippen molar-refractivity contribution in [2.75, 3.05) is 0 Å². The lowest BCUT2D eigenvalue weighted by Crippen LogP contribution is -2.22. The Morgan fingerprint density at radius 2 is 1.68 bits per heavy atom. The minimum absolute atomic E-state index is 0.254. The highest BCUT2D eigenvalue weighted by Gasteiger charge is 2.13. The number of esters is 1.